The maximum atomic E-state index is 12.7. The van der Waals surface area contributed by atoms with Gasteiger partial charge in [-0.3, -0.25) is 4.79 Å². The smallest absolute Gasteiger partial charge is 0.324 e. The van der Waals surface area contributed by atoms with E-state index in [1.54, 1.807) is 12.1 Å². The largest absolute Gasteiger partial charge is 0.416 e. The molecule has 0 radical (unpaired) electrons. The van der Waals surface area contributed by atoms with Crippen molar-refractivity contribution in [1.82, 2.24) is 0 Å². The summed E-state index contributed by atoms with van der Waals surface area (Å²) in [6.45, 7) is 0. The van der Waals surface area contributed by atoms with E-state index in [1.807, 2.05) is 12.1 Å². The van der Waals surface area contributed by atoms with Gasteiger partial charge < -0.3 is 5.32 Å². The molecule has 0 fully saturated rings. The monoisotopic (exact) mass is 339 g/mol. The molecule has 1 aliphatic rings. The van der Waals surface area contributed by atoms with Crippen LogP contribution in [0, 0.1) is 0 Å². The Hall–Kier alpha value is -2.01. The van der Waals surface area contributed by atoms with Crippen LogP contribution in [0.2, 0.25) is 0 Å². The highest BCUT2D eigenvalue weighted by molar-refractivity contribution is 6.36. The molecular formula is C17H13ClF3NO. The number of alkyl halides is 4. The van der Waals surface area contributed by atoms with Gasteiger partial charge in [-0.05, 0) is 42.2 Å². The van der Waals surface area contributed by atoms with Crippen LogP contribution in [-0.2, 0) is 22.3 Å². The number of hydrogen-bond acceptors (Lipinski definition) is 1. The van der Waals surface area contributed by atoms with Crippen LogP contribution in [-0.4, -0.2) is 5.91 Å². The Labute approximate surface area is 136 Å². The van der Waals surface area contributed by atoms with Crippen LogP contribution in [0.3, 0.4) is 0 Å². The van der Waals surface area contributed by atoms with Gasteiger partial charge in [0.05, 0.1) is 5.56 Å². The van der Waals surface area contributed by atoms with E-state index in [4.69, 9.17) is 11.6 Å². The third-order valence-corrected chi connectivity index (χ3v) is 4.61. The lowest BCUT2D eigenvalue weighted by Gasteiger charge is -2.24. The van der Waals surface area contributed by atoms with E-state index in [-0.39, 0.29) is 0 Å². The lowest BCUT2D eigenvalue weighted by atomic mass is 9.91. The van der Waals surface area contributed by atoms with E-state index in [2.05, 4.69) is 5.32 Å². The zero-order valence-electron chi connectivity index (χ0n) is 12.0. The van der Waals surface area contributed by atoms with Gasteiger partial charge in [0, 0.05) is 5.69 Å². The predicted molar refractivity (Wildman–Crippen MR) is 82.4 cm³/mol. The molecule has 6 heteroatoms. The molecule has 1 unspecified atom stereocenters. The van der Waals surface area contributed by atoms with Gasteiger partial charge in [0.15, 0.2) is 0 Å². The molecule has 0 aromatic heterocycles. The Morgan fingerprint density at radius 2 is 1.70 bits per heavy atom. The number of hydrogen-bond donors (Lipinski definition) is 1. The van der Waals surface area contributed by atoms with Crippen molar-refractivity contribution in [2.45, 2.75) is 23.9 Å². The molecule has 0 saturated heterocycles. The second-order valence-corrected chi connectivity index (χ2v) is 6.13. The number of carbonyl (C=O) groups excluding carboxylic acids is 1. The van der Waals surface area contributed by atoms with Crippen molar-refractivity contribution in [3.8, 4) is 0 Å². The molecule has 1 N–H and O–H groups in total. The van der Waals surface area contributed by atoms with E-state index >= 15 is 0 Å². The van der Waals surface area contributed by atoms with Gasteiger partial charge in [-0.2, -0.15) is 13.2 Å². The number of anilines is 1. The second kappa shape index (κ2) is 5.57. The summed E-state index contributed by atoms with van der Waals surface area (Å²) in [6, 6.07) is 11.8. The summed E-state index contributed by atoms with van der Waals surface area (Å²) < 4.78 is 38.0. The quantitative estimate of drug-likeness (QED) is 0.748. The molecule has 2 aromatic carbocycles. The summed E-state index contributed by atoms with van der Waals surface area (Å²) >= 11 is 6.52. The van der Waals surface area contributed by atoms with Gasteiger partial charge in [0.2, 0.25) is 5.91 Å². The molecule has 0 spiro atoms. The van der Waals surface area contributed by atoms with Gasteiger partial charge in [-0.1, -0.05) is 30.3 Å². The average Bonchev–Trinajstić information content (AvgIpc) is 2.65. The number of nitrogens with one attached hydrogen (secondary N) is 1. The van der Waals surface area contributed by atoms with Crippen LogP contribution in [0.25, 0.3) is 0 Å². The molecule has 0 saturated carbocycles. The summed E-state index contributed by atoms with van der Waals surface area (Å²) in [5.41, 5.74) is 1.23. The number of aryl methyl sites for hydroxylation is 1. The van der Waals surface area contributed by atoms with Crippen molar-refractivity contribution in [2.75, 3.05) is 5.32 Å². The fraction of sp³-hybridized carbons (Fsp3) is 0.235. The van der Waals surface area contributed by atoms with E-state index in [0.717, 1.165) is 17.7 Å². The normalized spacial score (nSPS) is 21.3. The maximum absolute atomic E-state index is 12.7. The summed E-state index contributed by atoms with van der Waals surface area (Å²) in [4.78, 5) is 11.1. The standard InChI is InChI=1S/C17H13ClF3NO/c18-16(12-5-7-13(8-6-12)17(19,20)21)10-9-11-3-1-2-4-14(11)22-15(16)23/h1-8H,9-10H2,(H,22,23). The third-order valence-electron chi connectivity index (χ3n) is 4.03. The fourth-order valence-electron chi connectivity index (χ4n) is 2.70. The highest BCUT2D eigenvalue weighted by atomic mass is 35.5. The van der Waals surface area contributed by atoms with Gasteiger partial charge in [-0.15, -0.1) is 11.6 Å². The molecule has 120 valence electrons. The highest BCUT2D eigenvalue weighted by Crippen LogP contribution is 2.40. The van der Waals surface area contributed by atoms with Crippen molar-refractivity contribution in [3.63, 3.8) is 0 Å². The number of benzene rings is 2. The van der Waals surface area contributed by atoms with Crippen LogP contribution in [0.15, 0.2) is 48.5 Å². The van der Waals surface area contributed by atoms with E-state index in [9.17, 15) is 18.0 Å². The van der Waals surface area contributed by atoms with Crippen LogP contribution < -0.4 is 5.32 Å². The first kappa shape index (κ1) is 15.9. The lowest BCUT2D eigenvalue weighted by Crippen LogP contribution is -2.34. The van der Waals surface area contributed by atoms with Gasteiger partial charge >= 0.3 is 6.18 Å². The van der Waals surface area contributed by atoms with Crippen molar-refractivity contribution < 1.29 is 18.0 Å². The Kier molecular flexibility index (Phi) is 3.84. The minimum atomic E-state index is -4.42. The second-order valence-electron chi connectivity index (χ2n) is 5.49. The molecule has 1 atom stereocenters. The van der Waals surface area contributed by atoms with Crippen LogP contribution in [0.5, 0.6) is 0 Å². The number of amides is 1. The van der Waals surface area contributed by atoms with E-state index in [1.165, 1.54) is 12.1 Å². The van der Waals surface area contributed by atoms with E-state index in [0.29, 0.717) is 24.1 Å². The van der Waals surface area contributed by atoms with Crippen LogP contribution in [0.1, 0.15) is 23.1 Å². The molecule has 3 rings (SSSR count). The summed E-state index contributed by atoms with van der Waals surface area (Å²) in [5.74, 6) is -0.427. The first-order valence-electron chi connectivity index (χ1n) is 7.07. The molecule has 23 heavy (non-hydrogen) atoms. The third kappa shape index (κ3) is 2.93. The number of rotatable bonds is 1. The first-order valence-corrected chi connectivity index (χ1v) is 7.44. The number of fused-ring (bicyclic) bond motifs is 1. The van der Waals surface area contributed by atoms with Crippen molar-refractivity contribution in [1.29, 1.82) is 0 Å². The van der Waals surface area contributed by atoms with Crippen LogP contribution in [0.4, 0.5) is 18.9 Å². The first-order chi connectivity index (χ1) is 10.8. The zero-order chi connectivity index (χ0) is 16.7. The minimum Gasteiger partial charge on any atom is -0.324 e. The van der Waals surface area contributed by atoms with E-state index < -0.39 is 22.5 Å². The van der Waals surface area contributed by atoms with Gasteiger partial charge in [-0.25, -0.2) is 0 Å². The summed E-state index contributed by atoms with van der Waals surface area (Å²) in [5, 5.41) is 2.76. The Morgan fingerprint density at radius 3 is 2.35 bits per heavy atom. The SMILES string of the molecule is O=C1Nc2ccccc2CCC1(Cl)c1ccc(C(F)(F)F)cc1. The predicted octanol–water partition coefficient (Wildman–Crippen LogP) is 4.72. The highest BCUT2D eigenvalue weighted by Gasteiger charge is 2.40. The Balaban J connectivity index is 1.94. The number of carbonyl (C=O) groups is 1. The van der Waals surface area contributed by atoms with Gasteiger partial charge in [0.1, 0.15) is 4.87 Å². The Bertz CT molecular complexity index is 742. The van der Waals surface area contributed by atoms with Gasteiger partial charge in [0.25, 0.3) is 0 Å². The van der Waals surface area contributed by atoms with Crippen molar-refractivity contribution in [2.24, 2.45) is 0 Å². The maximum Gasteiger partial charge on any atom is 0.416 e. The average molecular weight is 340 g/mol. The van der Waals surface area contributed by atoms with Crippen molar-refractivity contribution >= 4 is 23.2 Å². The molecule has 2 aromatic rings. The molecule has 0 bridgehead atoms. The van der Waals surface area contributed by atoms with Crippen LogP contribution >= 0.6 is 11.6 Å². The summed E-state index contributed by atoms with van der Waals surface area (Å²) in [7, 11) is 0. The molecule has 2 nitrogen and oxygen atoms in total. The molecule has 1 amide bonds. The molecule has 0 aliphatic carbocycles. The van der Waals surface area contributed by atoms with Crippen molar-refractivity contribution in [3.05, 3.63) is 65.2 Å². The summed E-state index contributed by atoms with van der Waals surface area (Å²) in [6.07, 6.45) is -3.55. The fourth-order valence-corrected chi connectivity index (χ4v) is 2.97. The topological polar surface area (TPSA) is 29.1 Å². The Morgan fingerprint density at radius 1 is 1.04 bits per heavy atom. The molecular weight excluding hydrogens is 327 g/mol. The number of halogens is 4. The lowest BCUT2D eigenvalue weighted by molar-refractivity contribution is -0.137. The number of para-hydroxylation sites is 1. The molecule has 1 aliphatic heterocycles. The minimum absolute atomic E-state index is 0.308. The molecule has 1 heterocycles. The zero-order valence-corrected chi connectivity index (χ0v) is 12.7.